The maximum Gasteiger partial charge on any atom is 0.307 e. The third kappa shape index (κ3) is 2.97. The van der Waals surface area contributed by atoms with Crippen molar-refractivity contribution in [2.24, 2.45) is 11.8 Å². The van der Waals surface area contributed by atoms with Crippen LogP contribution in [0.15, 0.2) is 29.3 Å². The number of aryl methyl sites for hydroxylation is 2. The fraction of sp³-hybridized carbons (Fsp3) is 0.500. The van der Waals surface area contributed by atoms with Crippen LogP contribution >= 0.6 is 0 Å². The van der Waals surface area contributed by atoms with E-state index in [4.69, 9.17) is 0 Å². The number of carboxylic acid groups (broad SMARTS) is 1. The number of benzene rings is 1. The number of anilines is 1. The second-order valence-electron chi connectivity index (χ2n) is 7.25. The number of aliphatic carboxylic acids is 1. The summed E-state index contributed by atoms with van der Waals surface area (Å²) < 4.78 is 0. The van der Waals surface area contributed by atoms with E-state index in [0.29, 0.717) is 19.4 Å². The molecule has 0 spiro atoms. The Bertz CT molecular complexity index is 720. The summed E-state index contributed by atoms with van der Waals surface area (Å²) in [6.07, 6.45) is 2.94. The van der Waals surface area contributed by atoms with Gasteiger partial charge >= 0.3 is 5.97 Å². The molecule has 2 aliphatic rings. The molecule has 3 rings (SSSR count). The molecule has 1 N–H and O–H groups in total. The molecule has 4 nitrogen and oxygen atoms in total. The molecule has 0 bridgehead atoms. The van der Waals surface area contributed by atoms with Gasteiger partial charge in [-0.3, -0.25) is 9.59 Å². The smallest absolute Gasteiger partial charge is 0.307 e. The average molecular weight is 327 g/mol. The van der Waals surface area contributed by atoms with Crippen LogP contribution in [0.2, 0.25) is 0 Å². The molecule has 2 atom stereocenters. The summed E-state index contributed by atoms with van der Waals surface area (Å²) >= 11 is 0. The zero-order valence-electron chi connectivity index (χ0n) is 14.6. The number of rotatable bonds is 2. The van der Waals surface area contributed by atoms with Crippen LogP contribution in [0, 0.1) is 18.8 Å². The molecule has 1 aliphatic carbocycles. The molecule has 1 heterocycles. The molecule has 24 heavy (non-hydrogen) atoms. The number of carbonyl (C=O) groups excluding carboxylic acids is 1. The van der Waals surface area contributed by atoms with Crippen LogP contribution in [0.3, 0.4) is 0 Å². The largest absolute Gasteiger partial charge is 0.481 e. The summed E-state index contributed by atoms with van der Waals surface area (Å²) in [4.78, 5) is 26.7. The van der Waals surface area contributed by atoms with E-state index in [2.05, 4.69) is 13.0 Å². The average Bonchev–Trinajstić information content (AvgIpc) is 2.55. The van der Waals surface area contributed by atoms with Gasteiger partial charge in [0.2, 0.25) is 5.91 Å². The number of nitrogens with zero attached hydrogens (tertiary/aromatic N) is 1. The molecule has 0 fully saturated rings. The predicted octanol–water partition coefficient (Wildman–Crippen LogP) is 3.72. The van der Waals surface area contributed by atoms with Gasteiger partial charge in [-0.25, -0.2) is 0 Å². The summed E-state index contributed by atoms with van der Waals surface area (Å²) in [5.74, 6) is -1.96. The van der Waals surface area contributed by atoms with E-state index in [1.54, 1.807) is 0 Å². The van der Waals surface area contributed by atoms with E-state index >= 15 is 0 Å². The van der Waals surface area contributed by atoms with E-state index in [1.165, 1.54) is 11.1 Å². The normalized spacial score (nSPS) is 23.9. The maximum atomic E-state index is 13.2. The quantitative estimate of drug-likeness (QED) is 0.842. The molecule has 2 unspecified atom stereocenters. The van der Waals surface area contributed by atoms with Crippen molar-refractivity contribution >= 4 is 17.6 Å². The van der Waals surface area contributed by atoms with Gasteiger partial charge in [0.15, 0.2) is 0 Å². The highest BCUT2D eigenvalue weighted by molar-refractivity contribution is 5.98. The minimum atomic E-state index is -0.860. The first-order chi connectivity index (χ1) is 11.4. The van der Waals surface area contributed by atoms with E-state index < -0.39 is 17.8 Å². The molecule has 0 saturated carbocycles. The molecular weight excluding hydrogens is 302 g/mol. The van der Waals surface area contributed by atoms with E-state index in [1.807, 2.05) is 30.9 Å². The van der Waals surface area contributed by atoms with Crippen LogP contribution in [0.1, 0.15) is 44.2 Å². The molecule has 4 heteroatoms. The highest BCUT2D eigenvalue weighted by atomic mass is 16.4. The summed E-state index contributed by atoms with van der Waals surface area (Å²) in [5, 5.41) is 9.60. The number of allylic oxidation sites excluding steroid dienone is 2. The lowest BCUT2D eigenvalue weighted by atomic mass is 9.75. The van der Waals surface area contributed by atoms with Gasteiger partial charge in [0.05, 0.1) is 11.8 Å². The van der Waals surface area contributed by atoms with Crippen molar-refractivity contribution in [3.05, 3.63) is 40.5 Å². The molecule has 1 aromatic rings. The van der Waals surface area contributed by atoms with Gasteiger partial charge in [-0.2, -0.15) is 0 Å². The number of hydrogen-bond donors (Lipinski definition) is 1. The van der Waals surface area contributed by atoms with Crippen LogP contribution in [0.5, 0.6) is 0 Å². The maximum absolute atomic E-state index is 13.2. The first-order valence-electron chi connectivity index (χ1n) is 8.67. The highest BCUT2D eigenvalue weighted by Gasteiger charge is 2.40. The van der Waals surface area contributed by atoms with Crippen LogP contribution < -0.4 is 4.90 Å². The van der Waals surface area contributed by atoms with Crippen molar-refractivity contribution in [1.29, 1.82) is 0 Å². The summed E-state index contributed by atoms with van der Waals surface area (Å²) in [6, 6.07) is 6.17. The van der Waals surface area contributed by atoms with Crippen molar-refractivity contribution in [1.82, 2.24) is 0 Å². The molecule has 0 radical (unpaired) electrons. The Labute approximate surface area is 143 Å². The SMILES string of the molecule is CC1=C(C)CC(C(=O)N2CCCc3cc(C)ccc32)C(C(=O)O)C1. The lowest BCUT2D eigenvalue weighted by Crippen LogP contribution is -2.44. The topological polar surface area (TPSA) is 57.6 Å². The van der Waals surface area contributed by atoms with Gasteiger partial charge in [-0.15, -0.1) is 0 Å². The van der Waals surface area contributed by atoms with Crippen LogP contribution in [0.4, 0.5) is 5.69 Å². The Kier molecular flexibility index (Phi) is 4.48. The summed E-state index contributed by atoms with van der Waals surface area (Å²) in [5.41, 5.74) is 5.62. The molecule has 0 saturated heterocycles. The fourth-order valence-corrected chi connectivity index (χ4v) is 3.97. The van der Waals surface area contributed by atoms with Gasteiger partial charge in [-0.1, -0.05) is 28.8 Å². The van der Waals surface area contributed by atoms with Crippen molar-refractivity contribution < 1.29 is 14.7 Å². The summed E-state index contributed by atoms with van der Waals surface area (Å²) in [6.45, 7) is 6.73. The first kappa shape index (κ1) is 16.7. The Hall–Kier alpha value is -2.10. The molecule has 1 amide bonds. The molecular formula is C20H25NO3. The van der Waals surface area contributed by atoms with Crippen molar-refractivity contribution in [3.8, 4) is 0 Å². The van der Waals surface area contributed by atoms with Crippen LogP contribution in [-0.4, -0.2) is 23.5 Å². The third-order valence-electron chi connectivity index (χ3n) is 5.52. The summed E-state index contributed by atoms with van der Waals surface area (Å²) in [7, 11) is 0. The molecule has 1 aromatic carbocycles. The number of carboxylic acids is 1. The number of hydrogen-bond acceptors (Lipinski definition) is 2. The van der Waals surface area contributed by atoms with Gasteiger partial charge in [0.1, 0.15) is 0 Å². The van der Waals surface area contributed by atoms with Crippen molar-refractivity contribution in [2.45, 2.75) is 46.5 Å². The van der Waals surface area contributed by atoms with E-state index in [0.717, 1.165) is 29.7 Å². The van der Waals surface area contributed by atoms with E-state index in [-0.39, 0.29) is 5.91 Å². The lowest BCUT2D eigenvalue weighted by Gasteiger charge is -2.36. The fourth-order valence-electron chi connectivity index (χ4n) is 3.97. The number of fused-ring (bicyclic) bond motifs is 1. The standard InChI is InChI=1S/C20H25NO3/c1-12-6-7-18-15(9-12)5-4-8-21(18)19(22)16-10-13(2)14(3)11-17(16)20(23)24/h6-7,9,16-17H,4-5,8,10-11H2,1-3H3,(H,23,24). The number of carbonyl (C=O) groups is 2. The zero-order chi connectivity index (χ0) is 17.4. The van der Waals surface area contributed by atoms with Gasteiger partial charge in [0, 0.05) is 12.2 Å². The first-order valence-corrected chi connectivity index (χ1v) is 8.67. The van der Waals surface area contributed by atoms with Gasteiger partial charge in [-0.05, 0) is 58.1 Å². The molecule has 1 aliphatic heterocycles. The Morgan fingerprint density at radius 2 is 1.75 bits per heavy atom. The minimum Gasteiger partial charge on any atom is -0.481 e. The minimum absolute atomic E-state index is 0.0287. The monoisotopic (exact) mass is 327 g/mol. The van der Waals surface area contributed by atoms with Gasteiger partial charge < -0.3 is 10.0 Å². The lowest BCUT2D eigenvalue weighted by molar-refractivity contribution is -0.147. The second kappa shape index (κ2) is 6.42. The predicted molar refractivity (Wildman–Crippen MR) is 94.1 cm³/mol. The Balaban J connectivity index is 1.93. The number of amides is 1. The van der Waals surface area contributed by atoms with E-state index in [9.17, 15) is 14.7 Å². The Morgan fingerprint density at radius 3 is 2.42 bits per heavy atom. The Morgan fingerprint density at radius 1 is 1.08 bits per heavy atom. The zero-order valence-corrected chi connectivity index (χ0v) is 14.6. The molecule has 0 aromatic heterocycles. The van der Waals surface area contributed by atoms with Crippen molar-refractivity contribution in [3.63, 3.8) is 0 Å². The highest BCUT2D eigenvalue weighted by Crippen LogP contribution is 2.38. The van der Waals surface area contributed by atoms with Crippen LogP contribution in [-0.2, 0) is 16.0 Å². The van der Waals surface area contributed by atoms with Crippen molar-refractivity contribution in [2.75, 3.05) is 11.4 Å². The second-order valence-corrected chi connectivity index (χ2v) is 7.25. The van der Waals surface area contributed by atoms with Gasteiger partial charge in [0.25, 0.3) is 0 Å². The molecule has 128 valence electrons. The van der Waals surface area contributed by atoms with Crippen LogP contribution in [0.25, 0.3) is 0 Å². The third-order valence-corrected chi connectivity index (χ3v) is 5.52.